The molecular weight excluding hydrogens is 440 g/mol. The van der Waals surface area contributed by atoms with Crippen LogP contribution in [0.2, 0.25) is 0 Å². The van der Waals surface area contributed by atoms with Gasteiger partial charge in [-0.1, -0.05) is 18.9 Å². The molecule has 3 aromatic rings. The number of aromatic nitrogens is 3. The summed E-state index contributed by atoms with van der Waals surface area (Å²) in [6.07, 6.45) is 13.6. The summed E-state index contributed by atoms with van der Waals surface area (Å²) in [5, 5.41) is 3.26. The molecule has 0 aliphatic heterocycles. The molecular formula is C28H32N4O3. The fraction of sp³-hybridized carbons (Fsp3) is 0.500. The fourth-order valence-corrected chi connectivity index (χ4v) is 7.10. The predicted octanol–water partition coefficient (Wildman–Crippen LogP) is 4.32. The number of esters is 1. The van der Waals surface area contributed by atoms with Crippen molar-refractivity contribution in [3.8, 4) is 0 Å². The van der Waals surface area contributed by atoms with E-state index < -0.39 is 5.92 Å². The smallest absolute Gasteiger partial charge is 0.315 e. The van der Waals surface area contributed by atoms with Gasteiger partial charge in [0.2, 0.25) is 0 Å². The van der Waals surface area contributed by atoms with Crippen LogP contribution in [-0.2, 0) is 16.0 Å². The van der Waals surface area contributed by atoms with Crippen LogP contribution in [0.1, 0.15) is 73.1 Å². The Morgan fingerprint density at radius 1 is 1.23 bits per heavy atom. The summed E-state index contributed by atoms with van der Waals surface area (Å²) in [7, 11) is 0. The number of hydrogen-bond donors (Lipinski definition) is 1. The van der Waals surface area contributed by atoms with Crippen molar-refractivity contribution in [2.24, 2.45) is 16.7 Å². The van der Waals surface area contributed by atoms with E-state index in [0.717, 1.165) is 18.0 Å². The minimum Gasteiger partial charge on any atom is -0.465 e. The van der Waals surface area contributed by atoms with Crippen molar-refractivity contribution in [2.45, 2.75) is 57.8 Å². The van der Waals surface area contributed by atoms with Gasteiger partial charge in [0.25, 0.3) is 5.91 Å². The molecule has 4 unspecified atom stereocenters. The van der Waals surface area contributed by atoms with Crippen molar-refractivity contribution in [3.63, 3.8) is 0 Å². The van der Waals surface area contributed by atoms with E-state index in [2.05, 4.69) is 10.3 Å². The number of nitrogens with one attached hydrogen (secondary N) is 1. The number of fused-ring (bicyclic) bond motifs is 2. The molecule has 3 aliphatic carbocycles. The first-order valence-corrected chi connectivity index (χ1v) is 12.8. The third kappa shape index (κ3) is 3.81. The van der Waals surface area contributed by atoms with E-state index >= 15 is 0 Å². The van der Waals surface area contributed by atoms with Crippen molar-refractivity contribution >= 4 is 17.5 Å². The molecule has 35 heavy (non-hydrogen) atoms. The van der Waals surface area contributed by atoms with Gasteiger partial charge < -0.3 is 10.1 Å². The van der Waals surface area contributed by atoms with Crippen LogP contribution in [0.15, 0.2) is 48.9 Å². The summed E-state index contributed by atoms with van der Waals surface area (Å²) in [4.78, 5) is 35.0. The Morgan fingerprint density at radius 2 is 2.09 bits per heavy atom. The lowest BCUT2D eigenvalue weighted by Gasteiger charge is -2.22. The first-order chi connectivity index (χ1) is 17.0. The molecule has 1 spiro atoms. The second-order valence-electron chi connectivity index (χ2n) is 10.8. The number of hydrogen-bond acceptors (Lipinski definition) is 5. The van der Waals surface area contributed by atoms with Gasteiger partial charge in [-0.15, -0.1) is 0 Å². The van der Waals surface area contributed by atoms with E-state index in [1.165, 1.54) is 38.5 Å². The fourth-order valence-electron chi connectivity index (χ4n) is 7.10. The minimum absolute atomic E-state index is 0.0840. The van der Waals surface area contributed by atoms with Gasteiger partial charge >= 0.3 is 5.97 Å². The molecule has 1 N–H and O–H groups in total. The van der Waals surface area contributed by atoms with Crippen LogP contribution in [0.25, 0.3) is 5.65 Å². The summed E-state index contributed by atoms with van der Waals surface area (Å²) < 4.78 is 7.17. The van der Waals surface area contributed by atoms with Crippen LogP contribution < -0.4 is 5.32 Å². The lowest BCUT2D eigenvalue weighted by atomic mass is 9.83. The van der Waals surface area contributed by atoms with E-state index in [1.54, 1.807) is 23.7 Å². The van der Waals surface area contributed by atoms with Crippen LogP contribution in [0.4, 0.5) is 0 Å². The molecule has 7 nitrogen and oxygen atoms in total. The number of carbonyl (C=O) groups excluding carboxylic acids is 2. The van der Waals surface area contributed by atoms with E-state index in [1.807, 2.05) is 36.5 Å². The second kappa shape index (κ2) is 8.47. The van der Waals surface area contributed by atoms with Gasteiger partial charge in [0.15, 0.2) is 0 Å². The lowest BCUT2D eigenvalue weighted by molar-refractivity contribution is -0.145. The highest BCUT2D eigenvalue weighted by atomic mass is 16.5. The van der Waals surface area contributed by atoms with Gasteiger partial charge in [0.1, 0.15) is 17.3 Å². The Hall–Kier alpha value is -3.22. The third-order valence-electron chi connectivity index (χ3n) is 8.75. The number of amides is 1. The number of carbonyl (C=O) groups is 2. The first kappa shape index (κ1) is 22.3. The van der Waals surface area contributed by atoms with Crippen molar-refractivity contribution < 1.29 is 14.3 Å². The quantitative estimate of drug-likeness (QED) is 0.494. The molecule has 2 bridgehead atoms. The van der Waals surface area contributed by atoms with Gasteiger partial charge in [0.05, 0.1) is 12.3 Å². The molecule has 3 aliphatic rings. The number of nitrogens with zero attached hydrogens (tertiary/aromatic N) is 3. The number of ether oxygens (including phenoxy) is 1. The molecule has 3 aromatic heterocycles. The molecule has 3 fully saturated rings. The van der Waals surface area contributed by atoms with Gasteiger partial charge in [-0.05, 0) is 85.6 Å². The second-order valence-corrected chi connectivity index (χ2v) is 10.8. The minimum atomic E-state index is -0.559. The SMILES string of the molecule is CCOC(=O)C(Cc1ccncc1)c1cn2c(C(=O)NCC34CC5CCCC3(C5)C4)cccc2n1. The summed E-state index contributed by atoms with van der Waals surface area (Å²) in [6.45, 7) is 2.86. The lowest BCUT2D eigenvalue weighted by Crippen LogP contribution is -2.32. The Labute approximate surface area is 205 Å². The number of imidazole rings is 1. The molecule has 0 radical (unpaired) electrons. The van der Waals surface area contributed by atoms with Gasteiger partial charge in [0, 0.05) is 25.1 Å². The summed E-state index contributed by atoms with van der Waals surface area (Å²) >= 11 is 0. The van der Waals surface area contributed by atoms with Crippen molar-refractivity contribution in [1.29, 1.82) is 0 Å². The zero-order valence-electron chi connectivity index (χ0n) is 20.2. The monoisotopic (exact) mass is 472 g/mol. The summed E-state index contributed by atoms with van der Waals surface area (Å²) in [6, 6.07) is 9.32. The highest BCUT2D eigenvalue weighted by molar-refractivity contribution is 5.93. The van der Waals surface area contributed by atoms with Crippen LogP contribution in [0.5, 0.6) is 0 Å². The largest absolute Gasteiger partial charge is 0.465 e. The molecule has 7 heteroatoms. The molecule has 6 rings (SSSR count). The van der Waals surface area contributed by atoms with Crippen LogP contribution in [0, 0.1) is 16.7 Å². The maximum absolute atomic E-state index is 13.3. The highest BCUT2D eigenvalue weighted by Crippen LogP contribution is 2.79. The highest BCUT2D eigenvalue weighted by Gasteiger charge is 2.71. The molecule has 0 aromatic carbocycles. The van der Waals surface area contributed by atoms with Crippen molar-refractivity contribution in [3.05, 3.63) is 65.9 Å². The van der Waals surface area contributed by atoms with E-state index in [0.29, 0.717) is 40.9 Å². The zero-order chi connectivity index (χ0) is 24.0. The van der Waals surface area contributed by atoms with Gasteiger partial charge in [-0.3, -0.25) is 19.0 Å². The van der Waals surface area contributed by atoms with E-state index in [9.17, 15) is 9.59 Å². The molecule has 182 valence electrons. The standard InChI is InChI=1S/C28H32N4O3/c1-2-35-26(34)21(13-19-8-11-29-12-9-19)22-16-32-23(6-3-7-24(32)31-22)25(33)30-18-28-15-20-5-4-10-27(28,14-20)17-28/h3,6-9,11-12,16,20-21H,2,4-5,10,13-15,17-18H2,1H3,(H,30,33). The molecule has 3 heterocycles. The topological polar surface area (TPSA) is 85.6 Å². The van der Waals surface area contributed by atoms with Crippen LogP contribution in [-0.4, -0.2) is 39.4 Å². The van der Waals surface area contributed by atoms with Crippen molar-refractivity contribution in [1.82, 2.24) is 19.7 Å². The van der Waals surface area contributed by atoms with Gasteiger partial charge in [-0.2, -0.15) is 0 Å². The maximum Gasteiger partial charge on any atom is 0.315 e. The normalized spacial score (nSPS) is 27.3. The molecule has 1 amide bonds. The van der Waals surface area contributed by atoms with E-state index in [4.69, 9.17) is 9.72 Å². The Kier molecular flexibility index (Phi) is 5.38. The van der Waals surface area contributed by atoms with Crippen molar-refractivity contribution in [2.75, 3.05) is 13.2 Å². The van der Waals surface area contributed by atoms with Gasteiger partial charge in [-0.25, -0.2) is 4.98 Å². The predicted molar refractivity (Wildman–Crippen MR) is 131 cm³/mol. The average Bonchev–Trinajstić information content (AvgIpc) is 3.14. The molecule has 4 atom stereocenters. The maximum atomic E-state index is 13.3. The third-order valence-corrected chi connectivity index (χ3v) is 8.75. The zero-order valence-corrected chi connectivity index (χ0v) is 20.2. The van der Waals surface area contributed by atoms with E-state index in [-0.39, 0.29) is 11.9 Å². The number of pyridine rings is 2. The average molecular weight is 473 g/mol. The summed E-state index contributed by atoms with van der Waals surface area (Å²) in [5.41, 5.74) is 3.58. The first-order valence-electron chi connectivity index (χ1n) is 12.8. The van der Waals surface area contributed by atoms with Crippen LogP contribution in [0.3, 0.4) is 0 Å². The Bertz CT molecular complexity index is 1270. The number of rotatable bonds is 8. The Morgan fingerprint density at radius 3 is 2.89 bits per heavy atom. The molecule has 3 saturated carbocycles. The molecule has 0 saturated heterocycles. The summed E-state index contributed by atoms with van der Waals surface area (Å²) in [5.74, 6) is -0.103. The van der Waals surface area contributed by atoms with Crippen LogP contribution >= 0.6 is 0 Å². The Balaban J connectivity index is 1.24.